The number of carbonyl (C=O) groups excluding carboxylic acids is 1. The van der Waals surface area contributed by atoms with Gasteiger partial charge in [0.2, 0.25) is 5.91 Å². The van der Waals surface area contributed by atoms with E-state index in [9.17, 15) is 9.59 Å². The van der Waals surface area contributed by atoms with Gasteiger partial charge in [0.05, 0.1) is 17.6 Å². The molecule has 1 fully saturated rings. The van der Waals surface area contributed by atoms with Crippen LogP contribution in [0.4, 0.5) is 5.69 Å². The molecule has 0 bridgehead atoms. The minimum atomic E-state index is -0.318. The number of aromatic nitrogens is 4. The fourth-order valence-corrected chi connectivity index (χ4v) is 4.04. The van der Waals surface area contributed by atoms with Gasteiger partial charge in [0.15, 0.2) is 0 Å². The van der Waals surface area contributed by atoms with E-state index in [2.05, 4.69) is 15.5 Å². The summed E-state index contributed by atoms with van der Waals surface area (Å²) < 4.78 is 2.96. The molecule has 32 heavy (non-hydrogen) atoms. The van der Waals surface area contributed by atoms with Gasteiger partial charge in [0.25, 0.3) is 5.56 Å². The Labute approximate surface area is 185 Å². The minimum Gasteiger partial charge on any atom is -0.324 e. The van der Waals surface area contributed by atoms with Crippen LogP contribution < -0.4 is 10.9 Å². The van der Waals surface area contributed by atoms with Gasteiger partial charge in [-0.2, -0.15) is 10.2 Å². The van der Waals surface area contributed by atoms with Gasteiger partial charge >= 0.3 is 0 Å². The van der Waals surface area contributed by atoms with Crippen molar-refractivity contribution in [3.8, 4) is 5.69 Å². The van der Waals surface area contributed by atoms with E-state index in [0.717, 1.165) is 52.0 Å². The van der Waals surface area contributed by atoms with Crippen molar-refractivity contribution >= 4 is 22.5 Å². The van der Waals surface area contributed by atoms with Crippen LogP contribution in [0.2, 0.25) is 0 Å². The number of fused-ring (bicyclic) bond motifs is 1. The summed E-state index contributed by atoms with van der Waals surface area (Å²) >= 11 is 0. The van der Waals surface area contributed by atoms with Gasteiger partial charge in [-0.15, -0.1) is 0 Å². The zero-order valence-electron chi connectivity index (χ0n) is 18.4. The average molecular weight is 428 g/mol. The van der Waals surface area contributed by atoms with Crippen molar-refractivity contribution in [2.45, 2.75) is 46.1 Å². The monoisotopic (exact) mass is 427 g/mol. The first-order valence-corrected chi connectivity index (χ1v) is 10.8. The van der Waals surface area contributed by atoms with Gasteiger partial charge in [0, 0.05) is 17.0 Å². The quantitative estimate of drug-likeness (QED) is 0.521. The van der Waals surface area contributed by atoms with Gasteiger partial charge in [-0.25, -0.2) is 9.36 Å². The van der Waals surface area contributed by atoms with Gasteiger partial charge in [-0.05, 0) is 62.4 Å². The fourth-order valence-electron chi connectivity index (χ4n) is 4.04. The molecule has 0 aliphatic heterocycles. The smallest absolute Gasteiger partial charge is 0.293 e. The molecule has 162 valence electrons. The van der Waals surface area contributed by atoms with E-state index in [0.29, 0.717) is 11.4 Å². The summed E-state index contributed by atoms with van der Waals surface area (Å²) in [6.45, 7) is 5.75. The Balaban J connectivity index is 1.57. The van der Waals surface area contributed by atoms with E-state index in [-0.39, 0.29) is 18.0 Å². The highest BCUT2D eigenvalue weighted by molar-refractivity contribution is 5.91. The molecule has 2 heterocycles. The Morgan fingerprint density at radius 3 is 2.62 bits per heavy atom. The lowest BCUT2D eigenvalue weighted by Crippen LogP contribution is -2.31. The first-order chi connectivity index (χ1) is 15.4. The topological polar surface area (TPSA) is 81.8 Å². The van der Waals surface area contributed by atoms with Crippen molar-refractivity contribution in [1.29, 1.82) is 0 Å². The molecule has 0 spiro atoms. The Morgan fingerprint density at radius 1 is 1.09 bits per heavy atom. The van der Waals surface area contributed by atoms with Gasteiger partial charge in [0.1, 0.15) is 12.1 Å². The van der Waals surface area contributed by atoms with E-state index in [1.807, 2.05) is 63.2 Å². The number of amides is 1. The van der Waals surface area contributed by atoms with Gasteiger partial charge in [-0.1, -0.05) is 30.3 Å². The zero-order valence-corrected chi connectivity index (χ0v) is 18.4. The Kier molecular flexibility index (Phi) is 4.89. The molecule has 7 heteroatoms. The molecular weight excluding hydrogens is 402 g/mol. The predicted octanol–water partition coefficient (Wildman–Crippen LogP) is 4.02. The summed E-state index contributed by atoms with van der Waals surface area (Å²) in [5.41, 5.74) is 5.63. The lowest BCUT2D eigenvalue weighted by atomic mass is 10.1. The van der Waals surface area contributed by atoms with Crippen molar-refractivity contribution in [3.63, 3.8) is 0 Å². The number of hydrogen-bond acceptors (Lipinski definition) is 4. The third-order valence-electron chi connectivity index (χ3n) is 5.98. The average Bonchev–Trinajstić information content (AvgIpc) is 3.51. The normalized spacial score (nSPS) is 13.5. The number of aryl methyl sites for hydroxylation is 3. The molecule has 4 aromatic rings. The first-order valence-electron chi connectivity index (χ1n) is 10.8. The summed E-state index contributed by atoms with van der Waals surface area (Å²) in [5, 5.41) is 12.8. The van der Waals surface area contributed by atoms with Crippen LogP contribution in [-0.2, 0) is 11.3 Å². The molecule has 1 aliphatic rings. The summed E-state index contributed by atoms with van der Waals surface area (Å²) in [6.07, 6.45) is 3.79. The number of nitrogens with zero attached hydrogens (tertiary/aromatic N) is 4. The van der Waals surface area contributed by atoms with Gasteiger partial charge < -0.3 is 5.32 Å². The Morgan fingerprint density at radius 2 is 1.88 bits per heavy atom. The number of hydrogen-bond donors (Lipinski definition) is 1. The van der Waals surface area contributed by atoms with Crippen LogP contribution >= 0.6 is 0 Å². The number of benzene rings is 2. The molecule has 2 aromatic carbocycles. The van der Waals surface area contributed by atoms with E-state index in [4.69, 9.17) is 0 Å². The van der Waals surface area contributed by atoms with E-state index >= 15 is 0 Å². The van der Waals surface area contributed by atoms with Crippen LogP contribution in [0, 0.1) is 20.8 Å². The van der Waals surface area contributed by atoms with Crippen molar-refractivity contribution in [2.24, 2.45) is 0 Å². The van der Waals surface area contributed by atoms with Gasteiger partial charge in [-0.3, -0.25) is 9.59 Å². The summed E-state index contributed by atoms with van der Waals surface area (Å²) in [5.74, 6) is 0.0253. The maximum Gasteiger partial charge on any atom is 0.293 e. The van der Waals surface area contributed by atoms with Crippen LogP contribution in [-0.4, -0.2) is 25.5 Å². The second-order valence-corrected chi connectivity index (χ2v) is 8.59. The van der Waals surface area contributed by atoms with Crippen LogP contribution in [0.1, 0.15) is 41.1 Å². The highest BCUT2D eigenvalue weighted by Gasteiger charge is 2.30. The van der Waals surface area contributed by atoms with Crippen LogP contribution in [0.25, 0.3) is 16.6 Å². The molecule has 5 rings (SSSR count). The number of rotatable bonds is 5. The van der Waals surface area contributed by atoms with Crippen molar-refractivity contribution in [2.75, 3.05) is 5.32 Å². The highest BCUT2D eigenvalue weighted by atomic mass is 16.2. The van der Waals surface area contributed by atoms with Crippen molar-refractivity contribution < 1.29 is 4.79 Å². The molecule has 0 unspecified atom stereocenters. The molecule has 0 atom stereocenters. The maximum atomic E-state index is 13.5. The second-order valence-electron chi connectivity index (χ2n) is 8.59. The Bertz CT molecular complexity index is 1410. The summed E-state index contributed by atoms with van der Waals surface area (Å²) in [6, 6.07) is 13.7. The van der Waals surface area contributed by atoms with E-state index < -0.39 is 0 Å². The van der Waals surface area contributed by atoms with Crippen LogP contribution in [0.3, 0.4) is 0 Å². The third kappa shape index (κ3) is 3.60. The molecule has 1 amide bonds. The SMILES string of the molecule is Cc1ccc(C)c(NC(=O)Cn2nc(C3CC3)c3cnn(-c4ccccc4C)c3c2=O)c1. The Hall–Kier alpha value is -3.74. The minimum absolute atomic E-state index is 0.152. The molecule has 1 aliphatic carbocycles. The van der Waals surface area contributed by atoms with Crippen molar-refractivity contribution in [3.05, 3.63) is 81.4 Å². The van der Waals surface area contributed by atoms with Crippen LogP contribution in [0.15, 0.2) is 53.5 Å². The number of para-hydroxylation sites is 1. The summed E-state index contributed by atoms with van der Waals surface area (Å²) in [7, 11) is 0. The highest BCUT2D eigenvalue weighted by Crippen LogP contribution is 2.41. The number of carbonyl (C=O) groups is 1. The maximum absolute atomic E-state index is 13.5. The predicted molar refractivity (Wildman–Crippen MR) is 124 cm³/mol. The van der Waals surface area contributed by atoms with Crippen molar-refractivity contribution in [1.82, 2.24) is 19.6 Å². The lowest BCUT2D eigenvalue weighted by molar-refractivity contribution is -0.117. The van der Waals surface area contributed by atoms with Crippen LogP contribution in [0.5, 0.6) is 0 Å². The van der Waals surface area contributed by atoms with E-state index in [1.54, 1.807) is 10.9 Å². The first kappa shape index (κ1) is 20.2. The lowest BCUT2D eigenvalue weighted by Gasteiger charge is -2.12. The zero-order chi connectivity index (χ0) is 22.4. The number of anilines is 1. The molecular formula is C25H25N5O2. The fraction of sp³-hybridized carbons (Fsp3) is 0.280. The number of nitrogens with one attached hydrogen (secondary N) is 1. The molecule has 0 saturated heterocycles. The molecule has 1 saturated carbocycles. The molecule has 0 radical (unpaired) electrons. The second kappa shape index (κ2) is 7.75. The standard InChI is InChI=1S/C25H25N5O2/c1-15-8-9-16(2)20(12-15)27-22(31)14-29-25(32)24-19(23(28-29)18-10-11-18)13-26-30(24)21-7-5-4-6-17(21)3/h4-9,12-13,18H,10-11,14H2,1-3H3,(H,27,31). The molecule has 1 N–H and O–H groups in total. The molecule has 7 nitrogen and oxygen atoms in total. The third-order valence-corrected chi connectivity index (χ3v) is 5.98. The van der Waals surface area contributed by atoms with E-state index in [1.165, 1.54) is 4.68 Å². The largest absolute Gasteiger partial charge is 0.324 e. The summed E-state index contributed by atoms with van der Waals surface area (Å²) in [4.78, 5) is 26.3. The molecule has 2 aromatic heterocycles.